The van der Waals surface area contributed by atoms with Gasteiger partial charge in [-0.15, -0.1) is 0 Å². The molecule has 3 aromatic rings. The van der Waals surface area contributed by atoms with Crippen molar-refractivity contribution in [2.45, 2.75) is 25.9 Å². The quantitative estimate of drug-likeness (QED) is 0.561. The van der Waals surface area contributed by atoms with Crippen LogP contribution in [0.5, 0.6) is 0 Å². The summed E-state index contributed by atoms with van der Waals surface area (Å²) in [7, 11) is 1.59. The van der Waals surface area contributed by atoms with Gasteiger partial charge in [-0.2, -0.15) is 9.49 Å². The Labute approximate surface area is 181 Å². The maximum Gasteiger partial charge on any atom is 0.413 e. The van der Waals surface area contributed by atoms with Crippen LogP contribution in [0.15, 0.2) is 30.9 Å². The summed E-state index contributed by atoms with van der Waals surface area (Å²) in [6.45, 7) is 1.39. The number of aromatic nitrogens is 5. The lowest BCUT2D eigenvalue weighted by molar-refractivity contribution is -0.117. The average molecular weight is 443 g/mol. The molecule has 0 aromatic carbocycles. The Bertz CT molecular complexity index is 1160. The van der Waals surface area contributed by atoms with E-state index in [9.17, 15) is 18.4 Å². The van der Waals surface area contributed by atoms with Crippen molar-refractivity contribution in [2.75, 3.05) is 10.6 Å². The van der Waals surface area contributed by atoms with Gasteiger partial charge in [-0.25, -0.2) is 24.1 Å². The molecule has 2 N–H and O–H groups in total. The van der Waals surface area contributed by atoms with E-state index in [2.05, 4.69) is 30.7 Å². The number of aryl methyl sites for hydroxylation is 1. The zero-order valence-corrected chi connectivity index (χ0v) is 17.2. The van der Waals surface area contributed by atoms with Crippen molar-refractivity contribution in [1.29, 1.82) is 0 Å². The highest BCUT2D eigenvalue weighted by Crippen LogP contribution is 2.30. The summed E-state index contributed by atoms with van der Waals surface area (Å²) in [5.74, 6) is -1.21. The zero-order valence-electron chi connectivity index (χ0n) is 17.2. The second-order valence-corrected chi connectivity index (χ2v) is 7.30. The van der Waals surface area contributed by atoms with Crippen molar-refractivity contribution in [3.8, 4) is 11.4 Å². The molecule has 1 atom stereocenters. The molecule has 1 unspecified atom stereocenters. The van der Waals surface area contributed by atoms with Crippen molar-refractivity contribution < 1.29 is 23.1 Å². The van der Waals surface area contributed by atoms with Gasteiger partial charge in [0.1, 0.15) is 17.7 Å². The van der Waals surface area contributed by atoms with E-state index in [0.29, 0.717) is 11.3 Å². The van der Waals surface area contributed by atoms with E-state index in [4.69, 9.17) is 4.74 Å². The van der Waals surface area contributed by atoms with Crippen LogP contribution in [0.1, 0.15) is 31.4 Å². The van der Waals surface area contributed by atoms with Crippen LogP contribution in [0.4, 0.5) is 25.1 Å². The van der Waals surface area contributed by atoms with Crippen LogP contribution < -0.4 is 10.6 Å². The predicted octanol–water partition coefficient (Wildman–Crippen LogP) is 3.21. The van der Waals surface area contributed by atoms with E-state index in [1.165, 1.54) is 30.2 Å². The minimum atomic E-state index is -1.10. The number of hydrogen-bond donors (Lipinski definition) is 2. The van der Waals surface area contributed by atoms with Gasteiger partial charge in [-0.1, -0.05) is 0 Å². The third-order valence-corrected chi connectivity index (χ3v) is 4.82. The van der Waals surface area contributed by atoms with Gasteiger partial charge >= 0.3 is 6.09 Å². The van der Waals surface area contributed by atoms with Crippen LogP contribution in [0.25, 0.3) is 11.4 Å². The van der Waals surface area contributed by atoms with Crippen molar-refractivity contribution in [1.82, 2.24) is 24.7 Å². The molecule has 1 aliphatic carbocycles. The fourth-order valence-electron chi connectivity index (χ4n) is 2.94. The van der Waals surface area contributed by atoms with Gasteiger partial charge in [0.2, 0.25) is 11.9 Å². The van der Waals surface area contributed by atoms with Crippen LogP contribution in [-0.4, -0.2) is 36.7 Å². The van der Waals surface area contributed by atoms with E-state index < -0.39 is 24.0 Å². The minimum Gasteiger partial charge on any atom is -0.441 e. The molecule has 2 amide bonds. The van der Waals surface area contributed by atoms with Gasteiger partial charge in [0, 0.05) is 13.0 Å². The first-order valence-electron chi connectivity index (χ1n) is 9.75. The molecule has 3 aromatic heterocycles. The molecule has 166 valence electrons. The van der Waals surface area contributed by atoms with Crippen molar-refractivity contribution in [3.63, 3.8) is 0 Å². The number of carbonyl (C=O) groups excluding carboxylic acids is 2. The Balaban J connectivity index is 1.46. The van der Waals surface area contributed by atoms with E-state index >= 15 is 0 Å². The third kappa shape index (κ3) is 4.68. The summed E-state index contributed by atoms with van der Waals surface area (Å²) < 4.78 is 33.7. The lowest BCUT2D eigenvalue weighted by Crippen LogP contribution is -2.19. The number of rotatable bonds is 6. The van der Waals surface area contributed by atoms with Crippen molar-refractivity contribution in [3.05, 3.63) is 48.2 Å². The highest BCUT2D eigenvalue weighted by molar-refractivity contribution is 5.94. The van der Waals surface area contributed by atoms with Gasteiger partial charge in [0.15, 0.2) is 5.82 Å². The fraction of sp³-hybridized carbons (Fsp3) is 0.300. The van der Waals surface area contributed by atoms with E-state index in [-0.39, 0.29) is 29.0 Å². The molecule has 0 radical (unpaired) electrons. The van der Waals surface area contributed by atoms with Crippen LogP contribution in [-0.2, 0) is 16.6 Å². The molecular weight excluding hydrogens is 424 g/mol. The van der Waals surface area contributed by atoms with Gasteiger partial charge in [0.05, 0.1) is 41.6 Å². The zero-order chi connectivity index (χ0) is 22.8. The summed E-state index contributed by atoms with van der Waals surface area (Å²) in [6.07, 6.45) is 4.85. The molecule has 0 aliphatic heterocycles. The van der Waals surface area contributed by atoms with Crippen LogP contribution in [0.2, 0.25) is 0 Å². The minimum absolute atomic E-state index is 0.0499. The Kier molecular flexibility index (Phi) is 5.75. The van der Waals surface area contributed by atoms with Crippen molar-refractivity contribution >= 4 is 23.5 Å². The summed E-state index contributed by atoms with van der Waals surface area (Å²) in [5.41, 5.74) is 0.663. The SMILES string of the molecule is CC(OC(=O)Nc1c(-c2ncc(NC(=O)C3CC3)cn2)cnn1C)c1cc(F)cnc1F. The number of amides is 2. The standard InChI is InChI=1S/C20H19F2N7O3/c1-10(14-5-12(21)6-23-16(14)22)32-20(31)28-18-15(9-26-29(18)2)17-24-7-13(8-25-17)27-19(30)11-3-4-11/h5-11H,3-4H2,1-2H3,(H,27,30)(H,28,31). The average Bonchev–Trinajstić information content (AvgIpc) is 3.55. The summed E-state index contributed by atoms with van der Waals surface area (Å²) in [6, 6.07) is 0.910. The molecule has 0 spiro atoms. The number of hydrogen-bond acceptors (Lipinski definition) is 7. The number of halogens is 2. The lowest BCUT2D eigenvalue weighted by atomic mass is 10.2. The van der Waals surface area contributed by atoms with E-state index in [0.717, 1.165) is 25.1 Å². The topological polar surface area (TPSA) is 124 Å². The number of ether oxygens (including phenoxy) is 1. The van der Waals surface area contributed by atoms with Crippen LogP contribution >= 0.6 is 0 Å². The molecule has 1 aliphatic rings. The Morgan fingerprint density at radius 2 is 1.84 bits per heavy atom. The maximum atomic E-state index is 13.8. The molecule has 1 fully saturated rings. The molecule has 4 rings (SSSR count). The van der Waals surface area contributed by atoms with E-state index in [1.54, 1.807) is 7.05 Å². The summed E-state index contributed by atoms with van der Waals surface area (Å²) in [5, 5.41) is 9.35. The number of pyridine rings is 1. The molecular formula is C20H19F2N7O3. The summed E-state index contributed by atoms with van der Waals surface area (Å²) >= 11 is 0. The monoisotopic (exact) mass is 443 g/mol. The van der Waals surface area contributed by atoms with Crippen LogP contribution in [0, 0.1) is 17.7 Å². The lowest BCUT2D eigenvalue weighted by Gasteiger charge is -2.15. The van der Waals surface area contributed by atoms with Crippen LogP contribution in [0.3, 0.4) is 0 Å². The van der Waals surface area contributed by atoms with Gasteiger partial charge in [-0.05, 0) is 25.8 Å². The molecule has 3 heterocycles. The van der Waals surface area contributed by atoms with Gasteiger partial charge < -0.3 is 10.1 Å². The molecule has 0 bridgehead atoms. The second kappa shape index (κ2) is 8.65. The summed E-state index contributed by atoms with van der Waals surface area (Å²) in [4.78, 5) is 35.9. The molecule has 0 saturated heterocycles. The molecule has 1 saturated carbocycles. The molecule has 12 heteroatoms. The molecule has 32 heavy (non-hydrogen) atoms. The maximum absolute atomic E-state index is 13.8. The number of anilines is 2. The second-order valence-electron chi connectivity index (χ2n) is 7.30. The Morgan fingerprint density at radius 3 is 2.53 bits per heavy atom. The number of nitrogens with one attached hydrogen (secondary N) is 2. The number of nitrogens with zero attached hydrogens (tertiary/aromatic N) is 5. The van der Waals surface area contributed by atoms with E-state index in [1.807, 2.05) is 0 Å². The van der Waals surface area contributed by atoms with Gasteiger partial charge in [-0.3, -0.25) is 14.8 Å². The Morgan fingerprint density at radius 1 is 1.12 bits per heavy atom. The predicted molar refractivity (Wildman–Crippen MR) is 108 cm³/mol. The first-order chi connectivity index (χ1) is 15.3. The first kappa shape index (κ1) is 21.3. The highest BCUT2D eigenvalue weighted by atomic mass is 19.1. The first-order valence-corrected chi connectivity index (χ1v) is 9.75. The highest BCUT2D eigenvalue weighted by Gasteiger charge is 2.29. The largest absolute Gasteiger partial charge is 0.441 e. The smallest absolute Gasteiger partial charge is 0.413 e. The van der Waals surface area contributed by atoms with Gasteiger partial charge in [0.25, 0.3) is 0 Å². The normalized spacial score (nSPS) is 14.0. The molecule has 10 nitrogen and oxygen atoms in total. The van der Waals surface area contributed by atoms with Crippen molar-refractivity contribution in [2.24, 2.45) is 13.0 Å². The third-order valence-electron chi connectivity index (χ3n) is 4.82. The number of carbonyl (C=O) groups is 2. The fourth-order valence-corrected chi connectivity index (χ4v) is 2.94. The Hall–Kier alpha value is -3.96.